The number of hydrogen-bond donors (Lipinski definition) is 1. The molecule has 0 aliphatic heterocycles. The minimum atomic E-state index is -0.594. The molecule has 100 valence electrons. The molecule has 1 aromatic heterocycles. The minimum Gasteiger partial charge on any atom is -0.297 e. The summed E-state index contributed by atoms with van der Waals surface area (Å²) in [5.41, 5.74) is 0.461. The summed E-state index contributed by atoms with van der Waals surface area (Å²) in [7, 11) is 0. The van der Waals surface area contributed by atoms with E-state index in [1.165, 1.54) is 0 Å². The molecule has 1 N–H and O–H groups in total. The zero-order chi connectivity index (χ0) is 14.2. The first kappa shape index (κ1) is 13.9. The highest BCUT2D eigenvalue weighted by Crippen LogP contribution is 2.22. The average molecular weight is 299 g/mol. The second-order valence-corrected chi connectivity index (χ2v) is 4.91. The summed E-state index contributed by atoms with van der Waals surface area (Å²) in [6.07, 6.45) is 0.429. The lowest BCUT2D eigenvalue weighted by Gasteiger charge is -2.11. The maximum Gasteiger partial charge on any atom is 0.334 e. The van der Waals surface area contributed by atoms with Crippen molar-refractivity contribution < 1.29 is 0 Å². The van der Waals surface area contributed by atoms with Gasteiger partial charge in [-0.25, -0.2) is 9.36 Å². The van der Waals surface area contributed by atoms with E-state index in [0.717, 1.165) is 10.1 Å². The normalized spacial score (nSPS) is 10.7. The van der Waals surface area contributed by atoms with Crippen molar-refractivity contribution in [3.8, 4) is 5.69 Å². The molecule has 0 fully saturated rings. The van der Waals surface area contributed by atoms with Crippen LogP contribution in [-0.2, 0) is 6.42 Å². The van der Waals surface area contributed by atoms with Gasteiger partial charge in [-0.05, 0) is 25.0 Å². The Labute approximate surface area is 119 Å². The summed E-state index contributed by atoms with van der Waals surface area (Å²) >= 11 is 12.0. The van der Waals surface area contributed by atoms with E-state index in [1.807, 2.05) is 0 Å². The topological polar surface area (TPSA) is 54.9 Å². The van der Waals surface area contributed by atoms with Gasteiger partial charge in [0.05, 0.1) is 16.3 Å². The maximum atomic E-state index is 12.3. The molecule has 1 aromatic carbocycles. The second kappa shape index (κ2) is 5.23. The number of nitrogens with one attached hydrogen (secondary N) is 1. The molecule has 0 unspecified atom stereocenters. The van der Waals surface area contributed by atoms with Crippen LogP contribution in [-0.4, -0.2) is 9.55 Å². The van der Waals surface area contributed by atoms with Crippen molar-refractivity contribution in [3.63, 3.8) is 0 Å². The lowest BCUT2D eigenvalue weighted by Crippen LogP contribution is -2.36. The fourth-order valence-corrected chi connectivity index (χ4v) is 2.56. The molecular weight excluding hydrogens is 287 g/mol. The van der Waals surface area contributed by atoms with E-state index in [0.29, 0.717) is 22.7 Å². The van der Waals surface area contributed by atoms with Crippen LogP contribution in [0, 0.1) is 6.92 Å². The predicted molar refractivity (Wildman–Crippen MR) is 76.8 cm³/mol. The fraction of sp³-hybridized carbons (Fsp3) is 0.231. The van der Waals surface area contributed by atoms with E-state index in [4.69, 9.17) is 23.2 Å². The number of rotatable bonds is 2. The van der Waals surface area contributed by atoms with E-state index in [9.17, 15) is 9.59 Å². The molecule has 6 heteroatoms. The first-order valence-electron chi connectivity index (χ1n) is 5.76. The maximum absolute atomic E-state index is 12.3. The van der Waals surface area contributed by atoms with Gasteiger partial charge in [-0.3, -0.25) is 9.78 Å². The summed E-state index contributed by atoms with van der Waals surface area (Å²) in [6.45, 7) is 3.58. The average Bonchev–Trinajstić information content (AvgIpc) is 2.33. The summed E-state index contributed by atoms with van der Waals surface area (Å²) in [5.74, 6) is 0. The third-order valence-electron chi connectivity index (χ3n) is 2.91. The molecule has 4 nitrogen and oxygen atoms in total. The lowest BCUT2D eigenvalue weighted by atomic mass is 10.2. The highest BCUT2D eigenvalue weighted by molar-refractivity contribution is 6.32. The van der Waals surface area contributed by atoms with Gasteiger partial charge in [0.2, 0.25) is 0 Å². The van der Waals surface area contributed by atoms with Gasteiger partial charge in [-0.2, -0.15) is 0 Å². The molecule has 0 saturated carbocycles. The van der Waals surface area contributed by atoms with Crippen LogP contribution in [0.15, 0.2) is 27.8 Å². The molecule has 1 heterocycles. The Kier molecular flexibility index (Phi) is 3.83. The smallest absolute Gasteiger partial charge is 0.297 e. The van der Waals surface area contributed by atoms with Gasteiger partial charge in [0, 0.05) is 0 Å². The van der Waals surface area contributed by atoms with Crippen LogP contribution in [0.2, 0.25) is 10.2 Å². The van der Waals surface area contributed by atoms with Crippen molar-refractivity contribution in [3.05, 3.63) is 60.3 Å². The third kappa shape index (κ3) is 2.33. The molecule has 0 amide bonds. The van der Waals surface area contributed by atoms with Crippen LogP contribution in [0.5, 0.6) is 0 Å². The Morgan fingerprint density at radius 3 is 2.53 bits per heavy atom. The fourth-order valence-electron chi connectivity index (χ4n) is 1.96. The number of H-pyrrole nitrogens is 1. The van der Waals surface area contributed by atoms with Crippen LogP contribution in [0.1, 0.15) is 18.1 Å². The van der Waals surface area contributed by atoms with Crippen molar-refractivity contribution in [1.82, 2.24) is 9.55 Å². The quantitative estimate of drug-likeness (QED) is 0.867. The number of halogens is 2. The Morgan fingerprint density at radius 1 is 1.26 bits per heavy atom. The van der Waals surface area contributed by atoms with Crippen LogP contribution >= 0.6 is 23.2 Å². The Balaban J connectivity index is 2.92. The summed E-state index contributed by atoms with van der Waals surface area (Å²) in [5, 5.41) is 0.426. The van der Waals surface area contributed by atoms with E-state index in [2.05, 4.69) is 4.98 Å². The summed E-state index contributed by atoms with van der Waals surface area (Å²) in [4.78, 5) is 26.8. The lowest BCUT2D eigenvalue weighted by molar-refractivity contribution is 0.837. The number of benzene rings is 1. The number of aromatic amines is 1. The minimum absolute atomic E-state index is 0.0819. The van der Waals surface area contributed by atoms with Gasteiger partial charge in [-0.15, -0.1) is 0 Å². The zero-order valence-electron chi connectivity index (χ0n) is 10.5. The van der Waals surface area contributed by atoms with Gasteiger partial charge < -0.3 is 0 Å². The van der Waals surface area contributed by atoms with Crippen molar-refractivity contribution >= 4 is 23.2 Å². The standard InChI is InChI=1S/C13H12Cl2N2O2/c1-3-8-11(15)16-13(19)17(12(8)18)10-7(2)5-4-6-9(10)14/h4-6H,3H2,1-2H3,(H,16,19). The SMILES string of the molecule is CCc1c(Cl)[nH]c(=O)n(-c2c(C)cccc2Cl)c1=O. The number of hydrogen-bond acceptors (Lipinski definition) is 2. The molecule has 0 aliphatic rings. The Morgan fingerprint density at radius 2 is 1.95 bits per heavy atom. The molecule has 0 aliphatic carbocycles. The first-order chi connectivity index (χ1) is 8.97. The van der Waals surface area contributed by atoms with Gasteiger partial charge in [-0.1, -0.05) is 42.3 Å². The van der Waals surface area contributed by atoms with Crippen LogP contribution in [0.25, 0.3) is 5.69 Å². The molecule has 0 atom stereocenters. The summed E-state index contributed by atoms with van der Waals surface area (Å²) in [6, 6.07) is 5.18. The molecule has 0 radical (unpaired) electrons. The van der Waals surface area contributed by atoms with Crippen molar-refractivity contribution in [2.75, 3.05) is 0 Å². The molecule has 2 rings (SSSR count). The molecule has 2 aromatic rings. The molecular formula is C13H12Cl2N2O2. The molecule has 0 saturated heterocycles. The van der Waals surface area contributed by atoms with Crippen LogP contribution in [0.3, 0.4) is 0 Å². The third-order valence-corrected chi connectivity index (χ3v) is 3.54. The zero-order valence-corrected chi connectivity index (χ0v) is 12.0. The molecule has 0 bridgehead atoms. The van der Waals surface area contributed by atoms with Crippen LogP contribution in [0.4, 0.5) is 0 Å². The summed E-state index contributed by atoms with van der Waals surface area (Å²) < 4.78 is 1.03. The van der Waals surface area contributed by atoms with Crippen molar-refractivity contribution in [2.24, 2.45) is 0 Å². The molecule has 0 spiro atoms. The molecule has 19 heavy (non-hydrogen) atoms. The van der Waals surface area contributed by atoms with E-state index >= 15 is 0 Å². The van der Waals surface area contributed by atoms with Crippen molar-refractivity contribution in [1.29, 1.82) is 0 Å². The monoisotopic (exact) mass is 298 g/mol. The Hall–Kier alpha value is -1.52. The highest BCUT2D eigenvalue weighted by atomic mass is 35.5. The number of aryl methyl sites for hydroxylation is 1. The number of para-hydroxylation sites is 1. The van der Waals surface area contributed by atoms with Crippen LogP contribution < -0.4 is 11.2 Å². The second-order valence-electron chi connectivity index (χ2n) is 4.12. The Bertz CT molecular complexity index is 727. The number of aromatic nitrogens is 2. The van der Waals surface area contributed by atoms with E-state index in [-0.39, 0.29) is 5.15 Å². The first-order valence-corrected chi connectivity index (χ1v) is 6.52. The van der Waals surface area contributed by atoms with E-state index < -0.39 is 11.2 Å². The van der Waals surface area contributed by atoms with Gasteiger partial charge in [0.15, 0.2) is 0 Å². The van der Waals surface area contributed by atoms with Gasteiger partial charge >= 0.3 is 5.69 Å². The van der Waals surface area contributed by atoms with Crippen molar-refractivity contribution in [2.45, 2.75) is 20.3 Å². The predicted octanol–water partition coefficient (Wildman–Crippen LogP) is 2.70. The number of nitrogens with zero attached hydrogens (tertiary/aromatic N) is 1. The largest absolute Gasteiger partial charge is 0.334 e. The highest BCUT2D eigenvalue weighted by Gasteiger charge is 2.16. The van der Waals surface area contributed by atoms with E-state index in [1.54, 1.807) is 32.0 Å². The van der Waals surface area contributed by atoms with Gasteiger partial charge in [0.1, 0.15) is 5.15 Å². The van der Waals surface area contributed by atoms with Gasteiger partial charge in [0.25, 0.3) is 5.56 Å².